The quantitative estimate of drug-likeness (QED) is 0.735. The summed E-state index contributed by atoms with van der Waals surface area (Å²) >= 11 is 0. The maximum absolute atomic E-state index is 5.46. The fourth-order valence-electron chi connectivity index (χ4n) is 3.50. The molecule has 0 atom stereocenters. The van der Waals surface area contributed by atoms with Gasteiger partial charge in [-0.2, -0.15) is 9.61 Å². The number of fused-ring (bicyclic) bond motifs is 2. The normalized spacial score (nSPS) is 13.8. The first kappa shape index (κ1) is 15.7. The van der Waals surface area contributed by atoms with Gasteiger partial charge in [-0.1, -0.05) is 0 Å². The van der Waals surface area contributed by atoms with Gasteiger partial charge >= 0.3 is 0 Å². The molecule has 1 aliphatic heterocycles. The van der Waals surface area contributed by atoms with E-state index in [1.165, 1.54) is 11.1 Å². The molecule has 4 rings (SSSR count). The molecule has 6 heteroatoms. The van der Waals surface area contributed by atoms with Crippen molar-refractivity contribution in [2.45, 2.75) is 26.8 Å². The number of ether oxygens (including phenoxy) is 2. The second kappa shape index (κ2) is 5.95. The summed E-state index contributed by atoms with van der Waals surface area (Å²) in [5.41, 5.74) is 5.44. The van der Waals surface area contributed by atoms with Crippen LogP contribution in [0.25, 0.3) is 5.65 Å². The Labute approximate surface area is 147 Å². The summed E-state index contributed by atoms with van der Waals surface area (Å²) in [6.07, 6.45) is 0.957. The molecule has 0 fully saturated rings. The lowest BCUT2D eigenvalue weighted by Crippen LogP contribution is -2.32. The summed E-state index contributed by atoms with van der Waals surface area (Å²) in [5.74, 6) is 2.64. The number of benzene rings is 1. The van der Waals surface area contributed by atoms with Crippen LogP contribution in [0.3, 0.4) is 0 Å². The van der Waals surface area contributed by atoms with Crippen LogP contribution in [0.2, 0.25) is 0 Å². The van der Waals surface area contributed by atoms with Gasteiger partial charge in [0.2, 0.25) is 0 Å². The van der Waals surface area contributed by atoms with Gasteiger partial charge in [0.1, 0.15) is 5.82 Å². The van der Waals surface area contributed by atoms with Crippen LogP contribution in [0.1, 0.15) is 22.5 Å². The molecule has 3 heterocycles. The van der Waals surface area contributed by atoms with Crippen LogP contribution >= 0.6 is 0 Å². The van der Waals surface area contributed by atoms with Gasteiger partial charge in [0.05, 0.1) is 19.9 Å². The summed E-state index contributed by atoms with van der Waals surface area (Å²) in [7, 11) is 3.35. The molecule has 6 nitrogen and oxygen atoms in total. The summed E-state index contributed by atoms with van der Waals surface area (Å²) in [5, 5.41) is 4.61. The van der Waals surface area contributed by atoms with E-state index >= 15 is 0 Å². The molecule has 130 valence electrons. The molecule has 3 aromatic rings. The first-order valence-corrected chi connectivity index (χ1v) is 8.42. The van der Waals surface area contributed by atoms with Gasteiger partial charge < -0.3 is 14.4 Å². The Morgan fingerprint density at radius 3 is 2.36 bits per heavy atom. The maximum Gasteiger partial charge on any atom is 0.161 e. The van der Waals surface area contributed by atoms with E-state index in [2.05, 4.69) is 33.2 Å². The fourth-order valence-corrected chi connectivity index (χ4v) is 3.50. The van der Waals surface area contributed by atoms with Crippen molar-refractivity contribution in [1.82, 2.24) is 14.6 Å². The lowest BCUT2D eigenvalue weighted by molar-refractivity contribution is 0.353. The molecular weight excluding hydrogens is 316 g/mol. The number of hydrogen-bond donors (Lipinski definition) is 0. The van der Waals surface area contributed by atoms with Crippen molar-refractivity contribution in [3.05, 3.63) is 46.8 Å². The van der Waals surface area contributed by atoms with E-state index in [1.54, 1.807) is 14.2 Å². The van der Waals surface area contributed by atoms with Gasteiger partial charge in [0.15, 0.2) is 17.1 Å². The van der Waals surface area contributed by atoms with E-state index in [9.17, 15) is 0 Å². The van der Waals surface area contributed by atoms with Crippen LogP contribution in [0, 0.1) is 13.8 Å². The monoisotopic (exact) mass is 338 g/mol. The predicted molar refractivity (Wildman–Crippen MR) is 96.8 cm³/mol. The molecular formula is C19H22N4O2. The lowest BCUT2D eigenvalue weighted by Gasteiger charge is -2.31. The average molecular weight is 338 g/mol. The molecule has 25 heavy (non-hydrogen) atoms. The number of aryl methyl sites for hydroxylation is 2. The first-order chi connectivity index (χ1) is 12.1. The van der Waals surface area contributed by atoms with E-state index in [0.29, 0.717) is 0 Å². The molecule has 0 saturated carbocycles. The molecule has 0 bridgehead atoms. The lowest BCUT2D eigenvalue weighted by atomic mass is 9.99. The van der Waals surface area contributed by atoms with E-state index in [-0.39, 0.29) is 0 Å². The topological polar surface area (TPSA) is 51.9 Å². The smallest absolute Gasteiger partial charge is 0.161 e. The molecule has 0 aliphatic carbocycles. The van der Waals surface area contributed by atoms with Gasteiger partial charge in [-0.3, -0.25) is 0 Å². The molecule has 0 N–H and O–H groups in total. The summed E-state index contributed by atoms with van der Waals surface area (Å²) < 4.78 is 12.8. The summed E-state index contributed by atoms with van der Waals surface area (Å²) in [6.45, 7) is 5.77. The zero-order valence-corrected chi connectivity index (χ0v) is 15.0. The minimum absolute atomic E-state index is 0.772. The zero-order chi connectivity index (χ0) is 17.6. The predicted octanol–water partition coefficient (Wildman–Crippen LogP) is 2.93. The standard InChI is InChI=1S/C19H22N4O2/c1-12-8-19(23-18(20-12)7-13(2)21-23)22-6-5-14-9-16(24-3)17(25-4)10-15(14)11-22/h7-10H,5-6,11H2,1-4H3. The van der Waals surface area contributed by atoms with Crippen molar-refractivity contribution >= 4 is 11.5 Å². The Hall–Kier alpha value is -2.76. The third-order valence-electron chi connectivity index (χ3n) is 4.70. The average Bonchev–Trinajstić information content (AvgIpc) is 2.99. The Morgan fingerprint density at radius 1 is 0.920 bits per heavy atom. The van der Waals surface area contributed by atoms with Gasteiger partial charge in [0.25, 0.3) is 0 Å². The SMILES string of the molecule is COc1cc2c(cc1OC)CN(c1cc(C)nc3cc(C)nn13)CC2. The van der Waals surface area contributed by atoms with Crippen molar-refractivity contribution in [1.29, 1.82) is 0 Å². The highest BCUT2D eigenvalue weighted by atomic mass is 16.5. The van der Waals surface area contributed by atoms with Gasteiger partial charge in [-0.05, 0) is 43.5 Å². The van der Waals surface area contributed by atoms with E-state index < -0.39 is 0 Å². The number of aromatic nitrogens is 3. The minimum atomic E-state index is 0.772. The largest absolute Gasteiger partial charge is 0.493 e. The summed E-state index contributed by atoms with van der Waals surface area (Å²) in [4.78, 5) is 6.93. The Balaban J connectivity index is 1.76. The molecule has 0 saturated heterocycles. The Kier molecular flexibility index (Phi) is 3.75. The van der Waals surface area contributed by atoms with Crippen LogP contribution in [-0.4, -0.2) is 35.4 Å². The third-order valence-corrected chi connectivity index (χ3v) is 4.70. The number of methoxy groups -OCH3 is 2. The van der Waals surface area contributed by atoms with E-state index in [0.717, 1.165) is 53.9 Å². The minimum Gasteiger partial charge on any atom is -0.493 e. The van der Waals surface area contributed by atoms with Crippen molar-refractivity contribution < 1.29 is 9.47 Å². The molecule has 0 unspecified atom stereocenters. The zero-order valence-electron chi connectivity index (χ0n) is 15.0. The van der Waals surface area contributed by atoms with Crippen LogP contribution in [0.4, 0.5) is 5.82 Å². The van der Waals surface area contributed by atoms with Crippen LogP contribution in [-0.2, 0) is 13.0 Å². The molecule has 0 amide bonds. The van der Waals surface area contributed by atoms with Crippen molar-refractivity contribution in [3.8, 4) is 11.5 Å². The van der Waals surface area contributed by atoms with E-state index in [4.69, 9.17) is 9.47 Å². The number of nitrogens with zero attached hydrogens (tertiary/aromatic N) is 4. The van der Waals surface area contributed by atoms with Crippen molar-refractivity contribution in [2.75, 3.05) is 25.7 Å². The van der Waals surface area contributed by atoms with Crippen LogP contribution in [0.5, 0.6) is 11.5 Å². The van der Waals surface area contributed by atoms with Gasteiger partial charge in [0, 0.05) is 30.9 Å². The maximum atomic E-state index is 5.46. The molecule has 1 aromatic carbocycles. The highest BCUT2D eigenvalue weighted by molar-refractivity contribution is 5.55. The van der Waals surface area contributed by atoms with Gasteiger partial charge in [-0.15, -0.1) is 0 Å². The second-order valence-corrected chi connectivity index (χ2v) is 6.46. The first-order valence-electron chi connectivity index (χ1n) is 8.42. The summed E-state index contributed by atoms with van der Waals surface area (Å²) in [6, 6.07) is 8.30. The Morgan fingerprint density at radius 2 is 1.64 bits per heavy atom. The highest BCUT2D eigenvalue weighted by Gasteiger charge is 2.22. The fraction of sp³-hybridized carbons (Fsp3) is 0.368. The van der Waals surface area contributed by atoms with Crippen molar-refractivity contribution in [2.24, 2.45) is 0 Å². The second-order valence-electron chi connectivity index (χ2n) is 6.46. The third kappa shape index (κ3) is 2.67. The number of hydrogen-bond acceptors (Lipinski definition) is 5. The van der Waals surface area contributed by atoms with Crippen LogP contribution < -0.4 is 14.4 Å². The van der Waals surface area contributed by atoms with Gasteiger partial charge in [-0.25, -0.2) is 4.98 Å². The molecule has 1 aliphatic rings. The molecule has 2 aromatic heterocycles. The highest BCUT2D eigenvalue weighted by Crippen LogP contribution is 2.34. The van der Waals surface area contributed by atoms with Crippen LogP contribution in [0.15, 0.2) is 24.3 Å². The molecule has 0 spiro atoms. The Bertz CT molecular complexity index is 948. The number of rotatable bonds is 3. The number of anilines is 1. The van der Waals surface area contributed by atoms with Crippen molar-refractivity contribution in [3.63, 3.8) is 0 Å². The van der Waals surface area contributed by atoms with E-state index in [1.807, 2.05) is 24.4 Å². The molecule has 0 radical (unpaired) electrons.